The fourth-order valence-electron chi connectivity index (χ4n) is 2.91. The third-order valence-corrected chi connectivity index (χ3v) is 5.08. The predicted molar refractivity (Wildman–Crippen MR) is 112 cm³/mol. The minimum Gasteiger partial charge on any atom is -0.341 e. The highest BCUT2D eigenvalue weighted by Gasteiger charge is 2.16. The quantitative estimate of drug-likeness (QED) is 0.388. The third-order valence-electron chi connectivity index (χ3n) is 4.71. The number of hydrogen-bond acceptors (Lipinski definition) is 6. The Bertz CT molecular complexity index is 1050. The predicted octanol–water partition coefficient (Wildman–Crippen LogP) is 4.45. The molecule has 3 aromatic rings. The summed E-state index contributed by atoms with van der Waals surface area (Å²) < 4.78 is 5.26. The van der Waals surface area contributed by atoms with E-state index in [4.69, 9.17) is 16.1 Å². The van der Waals surface area contributed by atoms with Crippen molar-refractivity contribution in [2.24, 2.45) is 0 Å². The molecule has 0 unspecified atom stereocenters. The number of hydrogen-bond donors (Lipinski definition) is 0. The maximum atomic E-state index is 12.5. The number of nitro groups is 1. The maximum Gasteiger partial charge on any atom is 0.269 e. The first-order valence-electron chi connectivity index (χ1n) is 9.46. The molecule has 0 saturated heterocycles. The number of aromatic nitrogens is 2. The van der Waals surface area contributed by atoms with E-state index in [0.717, 1.165) is 12.0 Å². The number of carbonyl (C=O) groups is 1. The Labute approximate surface area is 178 Å². The summed E-state index contributed by atoms with van der Waals surface area (Å²) in [6.45, 7) is 2.25. The molecular weight excluding hydrogens is 408 g/mol. The summed E-state index contributed by atoms with van der Waals surface area (Å²) in [6, 6.07) is 12.1. The molecule has 1 aromatic heterocycles. The molecule has 1 amide bonds. The lowest BCUT2D eigenvalue weighted by Gasteiger charge is -2.17. The van der Waals surface area contributed by atoms with E-state index in [1.54, 1.807) is 7.05 Å². The average Bonchev–Trinajstić information content (AvgIpc) is 3.22. The molecule has 0 aliphatic rings. The number of benzene rings is 2. The van der Waals surface area contributed by atoms with Gasteiger partial charge in [-0.05, 0) is 23.6 Å². The molecule has 2 aromatic carbocycles. The second-order valence-electron chi connectivity index (χ2n) is 6.84. The van der Waals surface area contributed by atoms with Gasteiger partial charge in [-0.15, -0.1) is 0 Å². The molecule has 0 radical (unpaired) electrons. The summed E-state index contributed by atoms with van der Waals surface area (Å²) in [4.78, 5) is 28.7. The van der Waals surface area contributed by atoms with Crippen LogP contribution in [-0.4, -0.2) is 32.9 Å². The van der Waals surface area contributed by atoms with Crippen LogP contribution in [0.2, 0.25) is 5.02 Å². The van der Waals surface area contributed by atoms with Gasteiger partial charge < -0.3 is 9.42 Å². The number of carbonyl (C=O) groups excluding carboxylic acids is 1. The van der Waals surface area contributed by atoms with E-state index in [0.29, 0.717) is 28.7 Å². The van der Waals surface area contributed by atoms with Gasteiger partial charge in [0.15, 0.2) is 0 Å². The van der Waals surface area contributed by atoms with Gasteiger partial charge in [-0.1, -0.05) is 47.9 Å². The highest BCUT2D eigenvalue weighted by Crippen LogP contribution is 2.23. The number of amides is 1. The van der Waals surface area contributed by atoms with Crippen molar-refractivity contribution in [3.05, 3.63) is 74.6 Å². The highest BCUT2D eigenvalue weighted by atomic mass is 35.5. The van der Waals surface area contributed by atoms with Crippen LogP contribution in [0.1, 0.15) is 30.4 Å². The van der Waals surface area contributed by atoms with E-state index in [1.807, 2.05) is 24.3 Å². The van der Waals surface area contributed by atoms with Crippen LogP contribution in [0.15, 0.2) is 47.0 Å². The molecule has 0 N–H and O–H groups in total. The first kappa shape index (κ1) is 21.4. The van der Waals surface area contributed by atoms with Crippen molar-refractivity contribution in [3.8, 4) is 11.4 Å². The first-order chi connectivity index (χ1) is 14.4. The zero-order valence-electron chi connectivity index (χ0n) is 16.7. The number of nitro benzene ring substituents is 1. The van der Waals surface area contributed by atoms with Crippen LogP contribution >= 0.6 is 11.6 Å². The lowest BCUT2D eigenvalue weighted by atomic mass is 10.1. The van der Waals surface area contributed by atoms with E-state index < -0.39 is 4.92 Å². The van der Waals surface area contributed by atoms with Crippen molar-refractivity contribution in [2.45, 2.75) is 32.7 Å². The van der Waals surface area contributed by atoms with Gasteiger partial charge in [0.1, 0.15) is 0 Å². The number of halogens is 1. The number of non-ortho nitro benzene ring substituents is 1. The molecule has 9 heteroatoms. The van der Waals surface area contributed by atoms with Crippen LogP contribution in [0.3, 0.4) is 0 Å². The van der Waals surface area contributed by atoms with Crippen LogP contribution in [-0.2, 0) is 24.2 Å². The zero-order valence-corrected chi connectivity index (χ0v) is 17.4. The van der Waals surface area contributed by atoms with E-state index in [2.05, 4.69) is 17.1 Å². The second-order valence-corrected chi connectivity index (χ2v) is 7.25. The van der Waals surface area contributed by atoms with Crippen LogP contribution in [0, 0.1) is 10.1 Å². The Kier molecular flexibility index (Phi) is 6.79. The van der Waals surface area contributed by atoms with Gasteiger partial charge in [-0.25, -0.2) is 0 Å². The lowest BCUT2D eigenvalue weighted by molar-refractivity contribution is -0.384. The van der Waals surface area contributed by atoms with Crippen molar-refractivity contribution in [3.63, 3.8) is 0 Å². The van der Waals surface area contributed by atoms with E-state index in [1.165, 1.54) is 28.7 Å². The fraction of sp³-hybridized carbons (Fsp3) is 0.286. The smallest absolute Gasteiger partial charge is 0.269 e. The summed E-state index contributed by atoms with van der Waals surface area (Å²) in [6.07, 6.45) is 1.42. The normalized spacial score (nSPS) is 10.8. The standard InChI is InChI=1S/C21H21ClN4O4/c1-3-14-4-6-15(7-5-14)21-23-19(30-24-21)10-11-20(27)25(2)13-16-12-17(26(28)29)8-9-18(16)22/h4-9,12H,3,10-11,13H2,1-2H3. The molecule has 0 aliphatic heterocycles. The topological polar surface area (TPSA) is 102 Å². The lowest BCUT2D eigenvalue weighted by Crippen LogP contribution is -2.26. The SMILES string of the molecule is CCc1ccc(-c2noc(CCC(=O)N(C)Cc3cc([N+](=O)[O-])ccc3Cl)n2)cc1. The molecule has 156 valence electrons. The Morgan fingerprint density at radius 2 is 1.97 bits per heavy atom. The number of aryl methyl sites for hydroxylation is 2. The van der Waals surface area contributed by atoms with Gasteiger partial charge in [0.05, 0.1) is 4.92 Å². The molecule has 3 rings (SSSR count). The highest BCUT2D eigenvalue weighted by molar-refractivity contribution is 6.31. The summed E-state index contributed by atoms with van der Waals surface area (Å²) in [7, 11) is 1.62. The summed E-state index contributed by atoms with van der Waals surface area (Å²) in [5.41, 5.74) is 2.52. The second kappa shape index (κ2) is 9.49. The fourth-order valence-corrected chi connectivity index (χ4v) is 3.08. The van der Waals surface area contributed by atoms with E-state index >= 15 is 0 Å². The maximum absolute atomic E-state index is 12.5. The van der Waals surface area contributed by atoms with Crippen LogP contribution in [0.4, 0.5) is 5.69 Å². The molecule has 0 bridgehead atoms. The summed E-state index contributed by atoms with van der Waals surface area (Å²) in [5.74, 6) is 0.696. The van der Waals surface area contributed by atoms with Gasteiger partial charge in [-0.3, -0.25) is 14.9 Å². The summed E-state index contributed by atoms with van der Waals surface area (Å²) >= 11 is 6.11. The average molecular weight is 429 g/mol. The van der Waals surface area contributed by atoms with Crippen molar-refractivity contribution in [1.82, 2.24) is 15.0 Å². The summed E-state index contributed by atoms with van der Waals surface area (Å²) in [5, 5.41) is 15.3. The van der Waals surface area contributed by atoms with Crippen molar-refractivity contribution >= 4 is 23.2 Å². The Morgan fingerprint density at radius 3 is 2.63 bits per heavy atom. The van der Waals surface area contributed by atoms with Gasteiger partial charge >= 0.3 is 0 Å². The third kappa shape index (κ3) is 5.21. The number of rotatable bonds is 8. The van der Waals surface area contributed by atoms with E-state index in [9.17, 15) is 14.9 Å². The molecular formula is C21H21ClN4O4. The van der Waals surface area contributed by atoms with Gasteiger partial charge in [0.25, 0.3) is 5.69 Å². The van der Waals surface area contributed by atoms with Crippen molar-refractivity contribution in [2.75, 3.05) is 7.05 Å². The van der Waals surface area contributed by atoms with Crippen LogP contribution in [0.5, 0.6) is 0 Å². The Balaban J connectivity index is 1.58. The zero-order chi connectivity index (χ0) is 21.7. The molecule has 8 nitrogen and oxygen atoms in total. The molecule has 0 spiro atoms. The van der Waals surface area contributed by atoms with E-state index in [-0.39, 0.29) is 24.6 Å². The monoisotopic (exact) mass is 428 g/mol. The van der Waals surface area contributed by atoms with Crippen molar-refractivity contribution in [1.29, 1.82) is 0 Å². The number of nitrogens with zero attached hydrogens (tertiary/aromatic N) is 4. The Morgan fingerprint density at radius 1 is 1.23 bits per heavy atom. The Hall–Kier alpha value is -3.26. The van der Waals surface area contributed by atoms with Crippen molar-refractivity contribution < 1.29 is 14.2 Å². The molecule has 1 heterocycles. The van der Waals surface area contributed by atoms with Crippen LogP contribution in [0.25, 0.3) is 11.4 Å². The minimum atomic E-state index is -0.495. The molecule has 0 fully saturated rings. The molecule has 0 aliphatic carbocycles. The largest absolute Gasteiger partial charge is 0.341 e. The first-order valence-corrected chi connectivity index (χ1v) is 9.84. The van der Waals surface area contributed by atoms with Gasteiger partial charge in [0.2, 0.25) is 17.6 Å². The van der Waals surface area contributed by atoms with Gasteiger partial charge in [0, 0.05) is 49.2 Å². The molecule has 30 heavy (non-hydrogen) atoms. The minimum absolute atomic E-state index is 0.0689. The molecule has 0 atom stereocenters. The molecule has 0 saturated carbocycles. The van der Waals surface area contributed by atoms with Gasteiger partial charge in [-0.2, -0.15) is 4.98 Å². The van der Waals surface area contributed by atoms with Crippen LogP contribution < -0.4 is 0 Å².